The second kappa shape index (κ2) is 10.9. The molecule has 0 aromatic heterocycles. The Balaban J connectivity index is 2.10. The van der Waals surface area contributed by atoms with Gasteiger partial charge in [-0.1, -0.05) is 90.0 Å². The number of alkyl halides is 6. The number of hydrogen-bond donors (Lipinski definition) is 0. The number of halogens is 6. The van der Waals surface area contributed by atoms with Crippen molar-refractivity contribution in [1.82, 2.24) is 0 Å². The molecule has 0 radical (unpaired) electrons. The summed E-state index contributed by atoms with van der Waals surface area (Å²) in [4.78, 5) is 25.2. The van der Waals surface area contributed by atoms with E-state index in [-0.39, 0.29) is 31.6 Å². The summed E-state index contributed by atoms with van der Waals surface area (Å²) in [6.45, 7) is 10.3. The Morgan fingerprint density at radius 3 is 2.33 bits per heavy atom. The van der Waals surface area contributed by atoms with Crippen molar-refractivity contribution in [3.8, 4) is 0 Å². The third-order valence-electron chi connectivity index (χ3n) is 6.47. The van der Waals surface area contributed by atoms with Crippen LogP contribution in [0.3, 0.4) is 0 Å². The van der Waals surface area contributed by atoms with E-state index in [9.17, 15) is 9.59 Å². The Hall–Kier alpha value is 0.0400. The van der Waals surface area contributed by atoms with Gasteiger partial charge in [-0.25, -0.2) is 4.79 Å². The summed E-state index contributed by atoms with van der Waals surface area (Å²) < 4.78 is 26.7. The molecule has 204 valence electrons. The van der Waals surface area contributed by atoms with E-state index >= 15 is 0 Å². The van der Waals surface area contributed by atoms with Crippen LogP contribution in [0.4, 0.5) is 0 Å². The zero-order valence-electron chi connectivity index (χ0n) is 20.1. The molecule has 0 saturated carbocycles. The van der Waals surface area contributed by atoms with Crippen molar-refractivity contribution >= 4 is 81.5 Å². The first kappa shape index (κ1) is 30.6. The average Bonchev–Trinajstić information content (AvgIpc) is 3.17. The van der Waals surface area contributed by atoms with Crippen LogP contribution in [0.1, 0.15) is 40.5 Å². The highest BCUT2D eigenvalue weighted by Gasteiger charge is 2.60. The summed E-state index contributed by atoms with van der Waals surface area (Å²) in [7, 11) is 0. The molecule has 2 unspecified atom stereocenters. The normalized spacial score (nSPS) is 36.5. The molecule has 7 nitrogen and oxygen atoms in total. The van der Waals surface area contributed by atoms with Gasteiger partial charge in [-0.2, -0.15) is 0 Å². The van der Waals surface area contributed by atoms with Gasteiger partial charge in [0.2, 0.25) is 7.59 Å². The first-order valence-corrected chi connectivity index (χ1v) is 13.5. The molecule has 36 heavy (non-hydrogen) atoms. The predicted octanol–water partition coefficient (Wildman–Crippen LogP) is 6.02. The molecule has 2 saturated heterocycles. The minimum atomic E-state index is -1.74. The lowest BCUT2D eigenvalue weighted by Gasteiger charge is -2.37. The van der Waals surface area contributed by atoms with Gasteiger partial charge >= 0.3 is 11.9 Å². The molecule has 0 aliphatic carbocycles. The third kappa shape index (κ3) is 6.97. The summed E-state index contributed by atoms with van der Waals surface area (Å²) in [6.07, 6.45) is -0.431. The lowest BCUT2D eigenvalue weighted by atomic mass is 9.80. The van der Waals surface area contributed by atoms with E-state index in [1.54, 1.807) is 33.8 Å². The second-order valence-electron chi connectivity index (χ2n) is 9.80. The minimum absolute atomic E-state index is 0.0901. The van der Waals surface area contributed by atoms with Crippen LogP contribution in [0.25, 0.3) is 0 Å². The van der Waals surface area contributed by atoms with Gasteiger partial charge in [-0.05, 0) is 25.5 Å². The van der Waals surface area contributed by atoms with E-state index in [0.29, 0.717) is 5.57 Å². The van der Waals surface area contributed by atoms with Crippen molar-refractivity contribution in [2.45, 2.75) is 77.8 Å². The fourth-order valence-corrected chi connectivity index (χ4v) is 5.02. The number of fused-ring (bicyclic) bond motifs is 3. The summed E-state index contributed by atoms with van der Waals surface area (Å²) in [5.74, 6) is -3.56. The summed E-state index contributed by atoms with van der Waals surface area (Å²) in [5.41, 5.74) is -0.431. The standard InChI is InChI=1S/C23H28Cl6O7/c1-11(2)18(30)35-15-7-20(5)16(32-9-22(24,25)26)8-21(36-20,33-10-23(27,28)29)12(3)6-14-17(15)13(4)19(31)34-14/h6,11,14-17H,4,7-10H2,1-3,5H3/b12-6+/t14-,15?,16?,17+,20-,21-/m1/s1. The Morgan fingerprint density at radius 1 is 1.17 bits per heavy atom. The van der Waals surface area contributed by atoms with Gasteiger partial charge in [0.05, 0.1) is 36.8 Å². The second-order valence-corrected chi connectivity index (χ2v) is 14.8. The number of ether oxygens (including phenoxy) is 5. The zero-order chi connectivity index (χ0) is 27.3. The number of rotatable bonds is 6. The Morgan fingerprint density at radius 2 is 1.78 bits per heavy atom. The van der Waals surface area contributed by atoms with Crippen molar-refractivity contribution < 1.29 is 33.3 Å². The molecular weight excluding hydrogens is 601 g/mol. The third-order valence-corrected chi connectivity index (χ3v) is 7.13. The molecule has 0 spiro atoms. The van der Waals surface area contributed by atoms with Gasteiger partial charge in [-0.15, -0.1) is 0 Å². The van der Waals surface area contributed by atoms with Crippen LogP contribution in [-0.2, 0) is 33.3 Å². The van der Waals surface area contributed by atoms with Gasteiger partial charge in [0.15, 0.2) is 5.79 Å². The van der Waals surface area contributed by atoms with Crippen molar-refractivity contribution in [1.29, 1.82) is 0 Å². The van der Waals surface area contributed by atoms with E-state index < -0.39 is 61.1 Å². The van der Waals surface area contributed by atoms with Crippen LogP contribution in [0, 0.1) is 11.8 Å². The largest absolute Gasteiger partial charge is 0.461 e. The lowest BCUT2D eigenvalue weighted by Crippen LogP contribution is -2.46. The topological polar surface area (TPSA) is 80.3 Å². The highest BCUT2D eigenvalue weighted by molar-refractivity contribution is 6.68. The molecule has 3 aliphatic rings. The maximum absolute atomic E-state index is 12.7. The lowest BCUT2D eigenvalue weighted by molar-refractivity contribution is -0.235. The van der Waals surface area contributed by atoms with Crippen LogP contribution >= 0.6 is 69.6 Å². The van der Waals surface area contributed by atoms with Crippen LogP contribution < -0.4 is 0 Å². The van der Waals surface area contributed by atoms with Crippen molar-refractivity contribution in [2.24, 2.45) is 11.8 Å². The highest BCUT2D eigenvalue weighted by Crippen LogP contribution is 2.51. The smallest absolute Gasteiger partial charge is 0.334 e. The molecule has 0 aromatic rings. The van der Waals surface area contributed by atoms with Crippen molar-refractivity contribution in [3.63, 3.8) is 0 Å². The predicted molar refractivity (Wildman–Crippen MR) is 139 cm³/mol. The van der Waals surface area contributed by atoms with Gasteiger partial charge in [0.1, 0.15) is 12.2 Å². The van der Waals surface area contributed by atoms with E-state index in [4.69, 9.17) is 93.3 Å². The van der Waals surface area contributed by atoms with Crippen LogP contribution in [0.5, 0.6) is 0 Å². The molecule has 6 atom stereocenters. The SMILES string of the molecule is C=C1C(=O)O[C@@H]2/C=C(\C)[C@@]3(OCC(Cl)(Cl)Cl)CC(OCC(Cl)(Cl)Cl)[C@@](C)(CC(OC(=O)C(C)C)[C@@H]12)O3. The van der Waals surface area contributed by atoms with E-state index in [0.717, 1.165) is 0 Å². The Labute approximate surface area is 240 Å². The molecule has 3 heterocycles. The number of esters is 2. The Bertz CT molecular complexity index is 927. The first-order valence-electron chi connectivity index (χ1n) is 11.2. The average molecular weight is 629 g/mol. The molecule has 2 bridgehead atoms. The molecule has 0 aromatic carbocycles. The monoisotopic (exact) mass is 626 g/mol. The van der Waals surface area contributed by atoms with E-state index in [1.807, 2.05) is 0 Å². The van der Waals surface area contributed by atoms with Crippen molar-refractivity contribution in [3.05, 3.63) is 23.8 Å². The van der Waals surface area contributed by atoms with Crippen molar-refractivity contribution in [2.75, 3.05) is 13.2 Å². The number of carbonyl (C=O) groups is 2. The maximum atomic E-state index is 12.7. The maximum Gasteiger partial charge on any atom is 0.334 e. The zero-order valence-corrected chi connectivity index (χ0v) is 24.7. The minimum Gasteiger partial charge on any atom is -0.461 e. The number of carbonyl (C=O) groups excluding carboxylic acids is 2. The highest BCUT2D eigenvalue weighted by atomic mass is 35.6. The molecule has 3 rings (SSSR count). The van der Waals surface area contributed by atoms with Gasteiger partial charge in [0, 0.05) is 18.4 Å². The number of hydrogen-bond acceptors (Lipinski definition) is 7. The van der Waals surface area contributed by atoms with E-state index in [2.05, 4.69) is 6.58 Å². The van der Waals surface area contributed by atoms with Gasteiger partial charge in [-0.3, -0.25) is 4.79 Å². The first-order chi connectivity index (χ1) is 16.4. The van der Waals surface area contributed by atoms with Crippen LogP contribution in [0.2, 0.25) is 0 Å². The summed E-state index contributed by atoms with van der Waals surface area (Å²) in [5, 5.41) is 0. The molecule has 2 fully saturated rings. The molecule has 3 aliphatic heterocycles. The molecule has 0 amide bonds. The Kier molecular flexibility index (Phi) is 9.26. The van der Waals surface area contributed by atoms with E-state index in [1.165, 1.54) is 0 Å². The fraction of sp³-hybridized carbons (Fsp3) is 0.739. The molecule has 13 heteroatoms. The fourth-order valence-electron chi connectivity index (χ4n) is 4.67. The summed E-state index contributed by atoms with van der Waals surface area (Å²) >= 11 is 35.8. The van der Waals surface area contributed by atoms with Crippen LogP contribution in [0.15, 0.2) is 23.8 Å². The van der Waals surface area contributed by atoms with Gasteiger partial charge in [0.25, 0.3) is 0 Å². The van der Waals surface area contributed by atoms with Gasteiger partial charge < -0.3 is 23.7 Å². The summed E-state index contributed by atoms with van der Waals surface area (Å²) in [6, 6.07) is 0. The molecule has 0 N–H and O–H groups in total. The van der Waals surface area contributed by atoms with Crippen LogP contribution in [-0.4, -0.2) is 62.4 Å². The quantitative estimate of drug-likeness (QED) is 0.154. The molecular formula is C23H28Cl6O7.